The molecule has 0 saturated carbocycles. The Hall–Kier alpha value is -1.76. The van der Waals surface area contributed by atoms with Gasteiger partial charge in [0.2, 0.25) is 0 Å². The molecular weight excluding hydrogens is 366 g/mol. The molecular formula is C20H25NO3S2. The molecule has 0 aromatic heterocycles. The number of rotatable bonds is 7. The van der Waals surface area contributed by atoms with Gasteiger partial charge >= 0.3 is 0 Å². The summed E-state index contributed by atoms with van der Waals surface area (Å²) in [6, 6.07) is 17.4. The third kappa shape index (κ3) is 6.20. The summed E-state index contributed by atoms with van der Waals surface area (Å²) in [5, 5.41) is 0. The molecule has 0 aliphatic carbocycles. The fourth-order valence-corrected chi connectivity index (χ4v) is 4.52. The van der Waals surface area contributed by atoms with Gasteiger partial charge in [0, 0.05) is 0 Å². The lowest BCUT2D eigenvalue weighted by Crippen LogP contribution is -2.42. The Labute approximate surface area is 158 Å². The maximum atomic E-state index is 12.7. The molecule has 0 radical (unpaired) electrons. The van der Waals surface area contributed by atoms with Gasteiger partial charge in [-0.05, 0) is 38.5 Å². The molecule has 0 amide bonds. The Balaban J connectivity index is 2.25. The van der Waals surface area contributed by atoms with Crippen molar-refractivity contribution in [2.45, 2.75) is 36.5 Å². The van der Waals surface area contributed by atoms with Crippen molar-refractivity contribution in [1.82, 2.24) is 4.72 Å². The molecule has 0 aliphatic heterocycles. The van der Waals surface area contributed by atoms with Crippen LogP contribution in [-0.2, 0) is 20.8 Å². The lowest BCUT2D eigenvalue weighted by atomic mass is 10.2. The van der Waals surface area contributed by atoms with E-state index >= 15 is 0 Å². The maximum Gasteiger partial charge on any atom is 0.180 e. The first-order valence-electron chi connectivity index (χ1n) is 8.37. The second-order valence-corrected chi connectivity index (χ2v) is 11.0. The Morgan fingerprint density at radius 3 is 2.08 bits per heavy atom. The Kier molecular flexibility index (Phi) is 6.92. The predicted molar refractivity (Wildman–Crippen MR) is 109 cm³/mol. The Bertz CT molecular complexity index is 855. The monoisotopic (exact) mass is 391 g/mol. The molecule has 6 heteroatoms. The molecule has 0 heterocycles. The topological polar surface area (TPSA) is 63.2 Å². The van der Waals surface area contributed by atoms with Crippen LogP contribution >= 0.6 is 0 Å². The third-order valence-corrected chi connectivity index (χ3v) is 7.05. The van der Waals surface area contributed by atoms with E-state index in [-0.39, 0.29) is 10.6 Å². The predicted octanol–water partition coefficient (Wildman–Crippen LogP) is 3.59. The summed E-state index contributed by atoms with van der Waals surface area (Å²) in [5.41, 5.74) is 0.956. The van der Waals surface area contributed by atoms with E-state index in [9.17, 15) is 12.6 Å². The van der Waals surface area contributed by atoms with Crippen LogP contribution in [0.5, 0.6) is 0 Å². The lowest BCUT2D eigenvalue weighted by Gasteiger charge is -2.22. The largest absolute Gasteiger partial charge is 0.242 e. The number of hydrogen-bond acceptors (Lipinski definition) is 3. The molecule has 0 spiro atoms. The second-order valence-electron chi connectivity index (χ2n) is 6.97. The van der Waals surface area contributed by atoms with E-state index in [2.05, 4.69) is 4.72 Å². The van der Waals surface area contributed by atoms with Crippen molar-refractivity contribution in [3.05, 3.63) is 72.3 Å². The van der Waals surface area contributed by atoms with Crippen LogP contribution in [0.25, 0.3) is 6.08 Å². The summed E-state index contributed by atoms with van der Waals surface area (Å²) >= 11 is 0. The molecule has 1 N–H and O–H groups in total. The zero-order chi connectivity index (χ0) is 19.2. The van der Waals surface area contributed by atoms with Crippen LogP contribution < -0.4 is 4.72 Å². The minimum absolute atomic E-state index is 0.165. The van der Waals surface area contributed by atoms with Crippen molar-refractivity contribution < 1.29 is 12.6 Å². The van der Waals surface area contributed by atoms with Crippen molar-refractivity contribution >= 4 is 26.9 Å². The van der Waals surface area contributed by atoms with Gasteiger partial charge in [0.1, 0.15) is 0 Å². The lowest BCUT2D eigenvalue weighted by molar-refractivity contribution is 0.588. The normalized spacial score (nSPS) is 15.0. The van der Waals surface area contributed by atoms with Gasteiger partial charge in [-0.3, -0.25) is 0 Å². The van der Waals surface area contributed by atoms with Gasteiger partial charge in [0.25, 0.3) is 0 Å². The van der Waals surface area contributed by atoms with E-state index in [4.69, 9.17) is 0 Å². The van der Waals surface area contributed by atoms with Crippen LogP contribution in [0.2, 0.25) is 0 Å². The van der Waals surface area contributed by atoms with Crippen LogP contribution in [0.3, 0.4) is 0 Å². The first kappa shape index (κ1) is 20.6. The second kappa shape index (κ2) is 8.75. The highest BCUT2D eigenvalue weighted by Crippen LogP contribution is 2.15. The summed E-state index contributed by atoms with van der Waals surface area (Å²) in [7, 11) is -4.89. The molecule has 2 rings (SSSR count). The first-order chi connectivity index (χ1) is 12.2. The fourth-order valence-electron chi connectivity index (χ4n) is 2.19. The number of nitrogens with one attached hydrogen (secondary N) is 1. The van der Waals surface area contributed by atoms with E-state index in [0.717, 1.165) is 5.56 Å². The van der Waals surface area contributed by atoms with Crippen LogP contribution in [0.1, 0.15) is 26.3 Å². The Morgan fingerprint density at radius 1 is 1.00 bits per heavy atom. The third-order valence-electron chi connectivity index (χ3n) is 3.64. The van der Waals surface area contributed by atoms with Crippen LogP contribution in [0.15, 0.2) is 71.6 Å². The molecule has 0 saturated heterocycles. The van der Waals surface area contributed by atoms with E-state index in [1.165, 1.54) is 0 Å². The summed E-state index contributed by atoms with van der Waals surface area (Å²) < 4.78 is 40.4. The average Bonchev–Trinajstić information content (AvgIpc) is 2.60. The van der Waals surface area contributed by atoms with Gasteiger partial charge in [-0.25, -0.2) is 17.3 Å². The van der Waals surface area contributed by atoms with Gasteiger partial charge in [-0.2, -0.15) is 0 Å². The van der Waals surface area contributed by atoms with Gasteiger partial charge in [0.15, 0.2) is 9.84 Å². The Morgan fingerprint density at radius 2 is 1.54 bits per heavy atom. The summed E-state index contributed by atoms with van der Waals surface area (Å²) in [4.78, 5) is 0.265. The standard InChI is InChI=1S/C20H25NO3S2/c1-20(2,3)25(22)21-18(15-14-17-10-6-4-7-11-17)16-26(23,24)19-12-8-5-9-13-19/h4-15,18,21H,16H2,1-3H3/b15-14+/t18-,25?/m1/s1. The highest BCUT2D eigenvalue weighted by molar-refractivity contribution is 7.91. The van der Waals surface area contributed by atoms with Crippen molar-refractivity contribution in [2.75, 3.05) is 5.75 Å². The van der Waals surface area contributed by atoms with Crippen LogP contribution in [-0.4, -0.2) is 29.2 Å². The smallest absolute Gasteiger partial charge is 0.180 e. The molecule has 0 aliphatic rings. The quantitative estimate of drug-likeness (QED) is 0.784. The molecule has 1 unspecified atom stereocenters. The average molecular weight is 392 g/mol. The molecule has 2 aromatic carbocycles. The number of sulfone groups is 1. The van der Waals surface area contributed by atoms with E-state index in [1.54, 1.807) is 36.4 Å². The van der Waals surface area contributed by atoms with Crippen LogP contribution in [0.4, 0.5) is 0 Å². The van der Waals surface area contributed by atoms with Gasteiger partial charge in [-0.15, -0.1) is 0 Å². The zero-order valence-electron chi connectivity index (χ0n) is 15.3. The molecule has 2 aromatic rings. The highest BCUT2D eigenvalue weighted by atomic mass is 32.2. The molecule has 4 nitrogen and oxygen atoms in total. The maximum absolute atomic E-state index is 12.7. The first-order valence-corrected chi connectivity index (χ1v) is 11.2. The van der Waals surface area contributed by atoms with Gasteiger partial charge < -0.3 is 0 Å². The minimum Gasteiger partial charge on any atom is -0.242 e. The van der Waals surface area contributed by atoms with E-state index in [1.807, 2.05) is 57.2 Å². The molecule has 26 heavy (non-hydrogen) atoms. The summed E-state index contributed by atoms with van der Waals surface area (Å²) in [5.74, 6) is -0.165. The van der Waals surface area contributed by atoms with Crippen molar-refractivity contribution in [3.63, 3.8) is 0 Å². The summed E-state index contributed by atoms with van der Waals surface area (Å²) in [6.45, 7) is 5.54. The minimum atomic E-state index is -3.50. The van der Waals surface area contributed by atoms with Gasteiger partial charge in [-0.1, -0.05) is 60.7 Å². The SMILES string of the molecule is CC(C)(C)S(=O)N[C@H](/C=C/c1ccccc1)CS(=O)(=O)c1ccccc1. The van der Waals surface area contributed by atoms with Crippen molar-refractivity contribution in [1.29, 1.82) is 0 Å². The van der Waals surface area contributed by atoms with E-state index < -0.39 is 31.6 Å². The molecule has 0 fully saturated rings. The zero-order valence-corrected chi connectivity index (χ0v) is 16.9. The van der Waals surface area contributed by atoms with E-state index in [0.29, 0.717) is 0 Å². The van der Waals surface area contributed by atoms with Gasteiger partial charge in [0.05, 0.1) is 32.4 Å². The highest BCUT2D eigenvalue weighted by Gasteiger charge is 2.25. The number of hydrogen-bond donors (Lipinski definition) is 1. The van der Waals surface area contributed by atoms with Crippen LogP contribution in [0, 0.1) is 0 Å². The molecule has 140 valence electrons. The van der Waals surface area contributed by atoms with Crippen molar-refractivity contribution in [2.24, 2.45) is 0 Å². The molecule has 2 atom stereocenters. The number of benzene rings is 2. The summed E-state index contributed by atoms with van der Waals surface area (Å²) in [6.07, 6.45) is 3.61. The molecule has 0 bridgehead atoms. The fraction of sp³-hybridized carbons (Fsp3) is 0.300. The van der Waals surface area contributed by atoms with Crippen molar-refractivity contribution in [3.8, 4) is 0 Å².